The first-order valence-electron chi connectivity index (χ1n) is 3.27. The SMILES string of the molecule is COc1cc[c]c(C)c1C. The van der Waals surface area contributed by atoms with Gasteiger partial charge < -0.3 is 4.74 Å². The third-order valence-corrected chi connectivity index (χ3v) is 1.69. The minimum Gasteiger partial charge on any atom is -0.496 e. The Morgan fingerprint density at radius 3 is 2.60 bits per heavy atom. The standard InChI is InChI=1S/C9H11O/c1-7-5-4-6-9(10-3)8(7)2/h4,6H,1-3H3. The molecule has 0 atom stereocenters. The fraction of sp³-hybridized carbons (Fsp3) is 0.333. The van der Waals surface area contributed by atoms with Gasteiger partial charge in [0.2, 0.25) is 0 Å². The van der Waals surface area contributed by atoms with Crippen LogP contribution in [0.4, 0.5) is 0 Å². The predicted octanol–water partition coefficient (Wildman–Crippen LogP) is 2.11. The van der Waals surface area contributed by atoms with E-state index in [0.717, 1.165) is 11.3 Å². The highest BCUT2D eigenvalue weighted by molar-refractivity contribution is 5.37. The molecule has 53 valence electrons. The number of methoxy groups -OCH3 is 1. The molecule has 1 heteroatoms. The Hall–Kier alpha value is -0.980. The van der Waals surface area contributed by atoms with Crippen molar-refractivity contribution in [3.8, 4) is 5.75 Å². The summed E-state index contributed by atoms with van der Waals surface area (Å²) in [6, 6.07) is 6.89. The molecule has 0 saturated carbocycles. The normalized spacial score (nSPS) is 9.50. The third kappa shape index (κ3) is 1.13. The second-order valence-electron chi connectivity index (χ2n) is 2.30. The monoisotopic (exact) mass is 135 g/mol. The van der Waals surface area contributed by atoms with Gasteiger partial charge in [0, 0.05) is 0 Å². The molecule has 1 radical (unpaired) electrons. The van der Waals surface area contributed by atoms with E-state index in [1.807, 2.05) is 26.0 Å². The van der Waals surface area contributed by atoms with Gasteiger partial charge >= 0.3 is 0 Å². The number of aryl methyl sites for hydroxylation is 1. The predicted molar refractivity (Wildman–Crippen MR) is 41.3 cm³/mol. The summed E-state index contributed by atoms with van der Waals surface area (Å²) in [5.41, 5.74) is 2.32. The molecule has 0 spiro atoms. The quantitative estimate of drug-likeness (QED) is 0.573. The Bertz CT molecular complexity index is 228. The van der Waals surface area contributed by atoms with E-state index in [1.165, 1.54) is 5.56 Å². The number of rotatable bonds is 1. The van der Waals surface area contributed by atoms with Gasteiger partial charge in [0.15, 0.2) is 0 Å². The van der Waals surface area contributed by atoms with Crippen LogP contribution in [0, 0.1) is 19.9 Å². The molecule has 1 nitrogen and oxygen atoms in total. The van der Waals surface area contributed by atoms with Gasteiger partial charge in [-0.15, -0.1) is 0 Å². The Balaban J connectivity index is 3.14. The molecule has 0 aliphatic carbocycles. The Morgan fingerprint density at radius 1 is 1.40 bits per heavy atom. The van der Waals surface area contributed by atoms with Crippen molar-refractivity contribution in [1.82, 2.24) is 0 Å². The average Bonchev–Trinajstić information content (AvgIpc) is 1.95. The second-order valence-corrected chi connectivity index (χ2v) is 2.30. The molecule has 0 aliphatic heterocycles. The fourth-order valence-corrected chi connectivity index (χ4v) is 0.882. The molecule has 0 amide bonds. The van der Waals surface area contributed by atoms with Crippen LogP contribution in [0.3, 0.4) is 0 Å². The Labute approximate surface area is 61.6 Å². The van der Waals surface area contributed by atoms with Crippen LogP contribution in [0.2, 0.25) is 0 Å². The van der Waals surface area contributed by atoms with Crippen molar-refractivity contribution in [3.05, 3.63) is 29.3 Å². The maximum Gasteiger partial charge on any atom is 0.122 e. The summed E-state index contributed by atoms with van der Waals surface area (Å²) in [5.74, 6) is 0.941. The van der Waals surface area contributed by atoms with E-state index in [0.29, 0.717) is 0 Å². The maximum absolute atomic E-state index is 5.11. The van der Waals surface area contributed by atoms with E-state index >= 15 is 0 Å². The lowest BCUT2D eigenvalue weighted by molar-refractivity contribution is 0.411. The molecular weight excluding hydrogens is 124 g/mol. The van der Waals surface area contributed by atoms with E-state index < -0.39 is 0 Å². The number of hydrogen-bond acceptors (Lipinski definition) is 1. The molecule has 0 saturated heterocycles. The molecule has 0 N–H and O–H groups in total. The summed E-state index contributed by atoms with van der Waals surface area (Å²) < 4.78 is 5.11. The van der Waals surface area contributed by atoms with Gasteiger partial charge in [-0.1, -0.05) is 6.07 Å². The van der Waals surface area contributed by atoms with Crippen LogP contribution >= 0.6 is 0 Å². The second kappa shape index (κ2) is 2.74. The Morgan fingerprint density at radius 2 is 2.10 bits per heavy atom. The third-order valence-electron chi connectivity index (χ3n) is 1.69. The number of ether oxygens (including phenoxy) is 1. The number of hydrogen-bond donors (Lipinski definition) is 0. The lowest BCUT2D eigenvalue weighted by Gasteiger charge is -2.04. The van der Waals surface area contributed by atoms with Crippen molar-refractivity contribution in [2.24, 2.45) is 0 Å². The van der Waals surface area contributed by atoms with Crippen molar-refractivity contribution in [2.75, 3.05) is 7.11 Å². The summed E-state index contributed by atoms with van der Waals surface area (Å²) >= 11 is 0. The first-order valence-corrected chi connectivity index (χ1v) is 3.27. The highest BCUT2D eigenvalue weighted by atomic mass is 16.5. The minimum absolute atomic E-state index is 0.941. The molecule has 0 aromatic heterocycles. The molecule has 0 fully saturated rings. The largest absolute Gasteiger partial charge is 0.496 e. The topological polar surface area (TPSA) is 9.23 Å². The van der Waals surface area contributed by atoms with E-state index in [4.69, 9.17) is 4.74 Å². The molecule has 0 heterocycles. The van der Waals surface area contributed by atoms with E-state index in [2.05, 4.69) is 6.07 Å². The lowest BCUT2D eigenvalue weighted by atomic mass is 10.1. The first-order chi connectivity index (χ1) is 4.75. The van der Waals surface area contributed by atoms with Crippen molar-refractivity contribution < 1.29 is 4.74 Å². The van der Waals surface area contributed by atoms with Gasteiger partial charge in [0.1, 0.15) is 5.75 Å². The molecule has 1 aromatic rings. The Kier molecular flexibility index (Phi) is 1.95. The van der Waals surface area contributed by atoms with Crippen molar-refractivity contribution in [3.63, 3.8) is 0 Å². The molecule has 0 bridgehead atoms. The van der Waals surface area contributed by atoms with Gasteiger partial charge in [-0.3, -0.25) is 0 Å². The first kappa shape index (κ1) is 7.13. The smallest absolute Gasteiger partial charge is 0.122 e. The maximum atomic E-state index is 5.11. The van der Waals surface area contributed by atoms with Crippen molar-refractivity contribution in [2.45, 2.75) is 13.8 Å². The van der Waals surface area contributed by atoms with Crippen LogP contribution < -0.4 is 4.74 Å². The van der Waals surface area contributed by atoms with Gasteiger partial charge in [0.05, 0.1) is 7.11 Å². The van der Waals surface area contributed by atoms with Crippen LogP contribution in [-0.4, -0.2) is 7.11 Å². The lowest BCUT2D eigenvalue weighted by Crippen LogP contribution is -1.88. The number of benzene rings is 1. The minimum atomic E-state index is 0.941. The van der Waals surface area contributed by atoms with Crippen molar-refractivity contribution in [1.29, 1.82) is 0 Å². The fourth-order valence-electron chi connectivity index (χ4n) is 0.882. The summed E-state index contributed by atoms with van der Waals surface area (Å²) in [5, 5.41) is 0. The zero-order valence-electron chi connectivity index (χ0n) is 6.56. The summed E-state index contributed by atoms with van der Waals surface area (Å²) in [6.45, 7) is 4.06. The van der Waals surface area contributed by atoms with Crippen LogP contribution in [-0.2, 0) is 0 Å². The van der Waals surface area contributed by atoms with E-state index in [9.17, 15) is 0 Å². The molecule has 0 aliphatic rings. The van der Waals surface area contributed by atoms with E-state index in [1.54, 1.807) is 7.11 Å². The summed E-state index contributed by atoms with van der Waals surface area (Å²) in [6.07, 6.45) is 0. The van der Waals surface area contributed by atoms with E-state index in [-0.39, 0.29) is 0 Å². The molecule has 1 aromatic carbocycles. The van der Waals surface area contributed by atoms with Crippen molar-refractivity contribution >= 4 is 0 Å². The van der Waals surface area contributed by atoms with Crippen LogP contribution in [0.15, 0.2) is 12.1 Å². The molecule has 10 heavy (non-hydrogen) atoms. The summed E-state index contributed by atoms with van der Waals surface area (Å²) in [4.78, 5) is 0. The van der Waals surface area contributed by atoms with Gasteiger partial charge in [-0.25, -0.2) is 0 Å². The zero-order valence-corrected chi connectivity index (χ0v) is 6.56. The molecule has 0 unspecified atom stereocenters. The molecule has 1 rings (SSSR count). The van der Waals surface area contributed by atoms with Gasteiger partial charge in [-0.2, -0.15) is 0 Å². The average molecular weight is 135 g/mol. The zero-order chi connectivity index (χ0) is 7.56. The highest BCUT2D eigenvalue weighted by Gasteiger charge is 1.97. The van der Waals surface area contributed by atoms with Gasteiger partial charge in [0.25, 0.3) is 0 Å². The molecular formula is C9H11O. The van der Waals surface area contributed by atoms with Gasteiger partial charge in [-0.05, 0) is 37.1 Å². The summed E-state index contributed by atoms with van der Waals surface area (Å²) in [7, 11) is 1.68. The van der Waals surface area contributed by atoms with Crippen LogP contribution in [0.5, 0.6) is 5.75 Å². The highest BCUT2D eigenvalue weighted by Crippen LogP contribution is 2.18. The van der Waals surface area contributed by atoms with Crippen LogP contribution in [0.25, 0.3) is 0 Å². The van der Waals surface area contributed by atoms with Crippen LogP contribution in [0.1, 0.15) is 11.1 Å².